The molecular weight excluding hydrogens is 558 g/mol. The molecule has 8 unspecified atom stereocenters. The van der Waals surface area contributed by atoms with Crippen LogP contribution in [0, 0.1) is 52.3 Å². The van der Waals surface area contributed by atoms with Gasteiger partial charge in [-0.3, -0.25) is 36.7 Å². The van der Waals surface area contributed by atoms with Crippen LogP contribution in [0.1, 0.15) is 112 Å². The monoisotopic (exact) mass is 626 g/mol. The van der Waals surface area contributed by atoms with Gasteiger partial charge in [0.1, 0.15) is 12.6 Å². The molecule has 6 rings (SSSR count). The molecule has 4 aliphatic carbocycles. The molecule has 2 saturated heterocycles. The van der Waals surface area contributed by atoms with Crippen molar-refractivity contribution in [2.45, 2.75) is 124 Å². The molecule has 2 heterocycles. The molecule has 0 aromatic carbocycles. The third kappa shape index (κ3) is 7.36. The van der Waals surface area contributed by atoms with Crippen LogP contribution < -0.4 is 31.9 Å². The maximum Gasteiger partial charge on any atom is 0.222 e. The Morgan fingerprint density at radius 1 is 0.911 bits per heavy atom. The molecule has 6 aliphatic rings. The second-order valence-electron chi connectivity index (χ2n) is 16.9. The molecule has 3 saturated carbocycles. The lowest BCUT2D eigenvalue weighted by molar-refractivity contribution is -0.132. The zero-order valence-corrected chi connectivity index (χ0v) is 29.4. The lowest BCUT2D eigenvalue weighted by atomic mass is 9.46. The number of nitrogens with one attached hydrogen (secondary N) is 6. The van der Waals surface area contributed by atoms with E-state index in [0.717, 1.165) is 81.4 Å². The van der Waals surface area contributed by atoms with E-state index >= 15 is 0 Å². The van der Waals surface area contributed by atoms with E-state index in [0.29, 0.717) is 29.1 Å². The number of nitrogens with zero attached hydrogens (tertiary/aromatic N) is 1. The third-order valence-electron chi connectivity index (χ3n) is 13.9. The lowest BCUT2D eigenvalue weighted by Gasteiger charge is -2.58. The molecule has 5 fully saturated rings. The highest BCUT2D eigenvalue weighted by Crippen LogP contribution is 2.67. The van der Waals surface area contributed by atoms with Gasteiger partial charge < -0.3 is 4.90 Å². The molecule has 0 spiro atoms. The van der Waals surface area contributed by atoms with Gasteiger partial charge in [-0.2, -0.15) is 0 Å². The van der Waals surface area contributed by atoms with Crippen molar-refractivity contribution >= 4 is 5.91 Å². The standard InChI is InChI=1S/C37H67N7O/c1-25(2)7-6-8-26(3)30-11-12-31-29-10-9-28-21-27(13-15-36(28,4)32(29)14-16-37(30,31)5)22-33(45)44(19-17-38-34-40-23-41-34)20-18-39-35-42-24-43-35/h9,25-27,29-32,34-35,38-43H,6-8,10-24H2,1-5H3. The second-order valence-corrected chi connectivity index (χ2v) is 16.9. The Bertz CT molecular complexity index is 1010. The quantitative estimate of drug-likeness (QED) is 0.144. The number of amides is 1. The number of hydrogen-bond donors (Lipinski definition) is 6. The summed E-state index contributed by atoms with van der Waals surface area (Å²) in [6.07, 6.45) is 18.7. The summed E-state index contributed by atoms with van der Waals surface area (Å²) >= 11 is 0. The van der Waals surface area contributed by atoms with Gasteiger partial charge >= 0.3 is 0 Å². The van der Waals surface area contributed by atoms with E-state index in [-0.39, 0.29) is 12.6 Å². The first-order chi connectivity index (χ1) is 21.7. The average molecular weight is 626 g/mol. The minimum absolute atomic E-state index is 0.174. The Morgan fingerprint density at radius 2 is 1.60 bits per heavy atom. The number of carbonyl (C=O) groups excluding carboxylic acids is 1. The van der Waals surface area contributed by atoms with Gasteiger partial charge in [-0.05, 0) is 104 Å². The number of carbonyl (C=O) groups is 1. The molecule has 0 radical (unpaired) electrons. The molecule has 8 heteroatoms. The van der Waals surface area contributed by atoms with Crippen molar-refractivity contribution in [1.82, 2.24) is 36.8 Å². The van der Waals surface area contributed by atoms with E-state index in [2.05, 4.69) is 77.5 Å². The SMILES string of the molecule is CC(C)CCCC(C)C1CCC2C3CC=C4CC(CC(=O)N(CCNC5NCN5)CCNC5NCN5)CCC4(C)C3CCC12C. The van der Waals surface area contributed by atoms with Crippen LogP contribution in [0.4, 0.5) is 0 Å². The van der Waals surface area contributed by atoms with Gasteiger partial charge in [0, 0.05) is 32.6 Å². The van der Waals surface area contributed by atoms with Crippen molar-refractivity contribution in [3.63, 3.8) is 0 Å². The molecule has 45 heavy (non-hydrogen) atoms. The fourth-order valence-corrected chi connectivity index (χ4v) is 11.1. The molecular formula is C37H67N7O. The van der Waals surface area contributed by atoms with Gasteiger partial charge in [-0.15, -0.1) is 0 Å². The van der Waals surface area contributed by atoms with Crippen molar-refractivity contribution in [3.05, 3.63) is 11.6 Å². The van der Waals surface area contributed by atoms with Crippen molar-refractivity contribution in [2.75, 3.05) is 39.5 Å². The van der Waals surface area contributed by atoms with Gasteiger partial charge in [0.2, 0.25) is 5.91 Å². The Labute approximate surface area is 274 Å². The fraction of sp³-hybridized carbons (Fsp3) is 0.919. The minimum atomic E-state index is 0.174. The van der Waals surface area contributed by atoms with E-state index in [9.17, 15) is 4.79 Å². The Hall–Kier alpha value is -1.03. The second kappa shape index (κ2) is 14.6. The molecule has 0 aromatic heterocycles. The highest BCUT2D eigenvalue weighted by atomic mass is 16.2. The molecule has 256 valence electrons. The number of rotatable bonds is 15. The van der Waals surface area contributed by atoms with Gasteiger partial charge in [-0.25, -0.2) is 0 Å². The summed E-state index contributed by atoms with van der Waals surface area (Å²) < 4.78 is 0. The molecule has 6 N–H and O–H groups in total. The van der Waals surface area contributed by atoms with E-state index in [1.54, 1.807) is 5.57 Å². The van der Waals surface area contributed by atoms with Crippen molar-refractivity contribution in [1.29, 1.82) is 0 Å². The van der Waals surface area contributed by atoms with E-state index in [4.69, 9.17) is 0 Å². The number of allylic oxidation sites excluding steroid dienone is 2. The van der Waals surface area contributed by atoms with Crippen LogP contribution in [-0.4, -0.2) is 62.9 Å². The lowest BCUT2D eigenvalue weighted by Crippen LogP contribution is -2.67. The van der Waals surface area contributed by atoms with E-state index in [1.807, 2.05) is 0 Å². The minimum Gasteiger partial charge on any atom is -0.340 e. The molecule has 2 aliphatic heterocycles. The molecule has 8 nitrogen and oxygen atoms in total. The zero-order chi connectivity index (χ0) is 31.6. The van der Waals surface area contributed by atoms with E-state index < -0.39 is 0 Å². The predicted octanol–water partition coefficient (Wildman–Crippen LogP) is 4.91. The van der Waals surface area contributed by atoms with Crippen molar-refractivity contribution < 1.29 is 4.79 Å². The average Bonchev–Trinajstić information content (AvgIpc) is 3.31. The predicted molar refractivity (Wildman–Crippen MR) is 184 cm³/mol. The smallest absolute Gasteiger partial charge is 0.222 e. The summed E-state index contributed by atoms with van der Waals surface area (Å²) in [4.78, 5) is 15.8. The highest BCUT2D eigenvalue weighted by Gasteiger charge is 2.59. The topological polar surface area (TPSA) is 92.5 Å². The first kappa shape index (κ1) is 33.9. The Morgan fingerprint density at radius 3 is 2.22 bits per heavy atom. The molecule has 0 aromatic rings. The Kier molecular flexibility index (Phi) is 11.0. The summed E-state index contributed by atoms with van der Waals surface area (Å²) in [5, 5.41) is 20.2. The number of hydrogen-bond acceptors (Lipinski definition) is 7. The van der Waals surface area contributed by atoms with Gasteiger partial charge in [0.15, 0.2) is 0 Å². The van der Waals surface area contributed by atoms with Crippen LogP contribution in [0.25, 0.3) is 0 Å². The van der Waals surface area contributed by atoms with Gasteiger partial charge in [0.25, 0.3) is 0 Å². The molecule has 1 amide bonds. The molecule has 0 bridgehead atoms. The van der Waals surface area contributed by atoms with Crippen LogP contribution in [0.15, 0.2) is 11.6 Å². The summed E-state index contributed by atoms with van der Waals surface area (Å²) in [5.74, 6) is 6.08. The number of fused-ring (bicyclic) bond motifs is 5. The van der Waals surface area contributed by atoms with Crippen LogP contribution >= 0.6 is 0 Å². The first-order valence-electron chi connectivity index (χ1n) is 19.0. The normalized spacial score (nSPS) is 37.2. The van der Waals surface area contributed by atoms with Crippen LogP contribution in [-0.2, 0) is 4.79 Å². The third-order valence-corrected chi connectivity index (χ3v) is 13.9. The highest BCUT2D eigenvalue weighted by molar-refractivity contribution is 5.76. The van der Waals surface area contributed by atoms with Crippen molar-refractivity contribution in [3.8, 4) is 0 Å². The summed E-state index contributed by atoms with van der Waals surface area (Å²) in [6.45, 7) is 17.5. The fourth-order valence-electron chi connectivity index (χ4n) is 11.1. The summed E-state index contributed by atoms with van der Waals surface area (Å²) in [7, 11) is 0. The van der Waals surface area contributed by atoms with Crippen LogP contribution in [0.5, 0.6) is 0 Å². The molecule has 8 atom stereocenters. The van der Waals surface area contributed by atoms with Gasteiger partial charge in [-0.1, -0.05) is 65.5 Å². The van der Waals surface area contributed by atoms with E-state index in [1.165, 1.54) is 64.2 Å². The van der Waals surface area contributed by atoms with Crippen molar-refractivity contribution in [2.24, 2.45) is 52.3 Å². The Balaban J connectivity index is 1.04. The maximum atomic E-state index is 13.7. The maximum absolute atomic E-state index is 13.7. The largest absolute Gasteiger partial charge is 0.340 e. The van der Waals surface area contributed by atoms with Crippen LogP contribution in [0.2, 0.25) is 0 Å². The van der Waals surface area contributed by atoms with Gasteiger partial charge in [0.05, 0.1) is 13.3 Å². The first-order valence-corrected chi connectivity index (χ1v) is 19.0. The zero-order valence-electron chi connectivity index (χ0n) is 29.4. The van der Waals surface area contributed by atoms with Crippen LogP contribution in [0.3, 0.4) is 0 Å². The summed E-state index contributed by atoms with van der Waals surface area (Å²) in [5.41, 5.74) is 2.61. The summed E-state index contributed by atoms with van der Waals surface area (Å²) in [6, 6.07) is 0.